The maximum absolute atomic E-state index is 14.6. The van der Waals surface area contributed by atoms with Gasteiger partial charge in [0.25, 0.3) is 0 Å². The van der Waals surface area contributed by atoms with E-state index in [4.69, 9.17) is 9.47 Å². The van der Waals surface area contributed by atoms with E-state index in [1.165, 1.54) is 12.4 Å². The van der Waals surface area contributed by atoms with Crippen molar-refractivity contribution in [1.82, 2.24) is 20.2 Å². The molecular formula is C21H23BrFN5O2. The minimum atomic E-state index is -0.232. The van der Waals surface area contributed by atoms with Crippen LogP contribution in [0.5, 0.6) is 11.5 Å². The number of fused-ring (bicyclic) bond motifs is 1. The summed E-state index contributed by atoms with van der Waals surface area (Å²) in [5.74, 6) is 1.54. The maximum atomic E-state index is 14.6. The summed E-state index contributed by atoms with van der Waals surface area (Å²) >= 11 is 3.46. The average molecular weight is 476 g/mol. The van der Waals surface area contributed by atoms with Gasteiger partial charge in [-0.05, 0) is 34.1 Å². The third-order valence-electron chi connectivity index (χ3n) is 5.13. The fraction of sp³-hybridized carbons (Fsp3) is 0.333. The molecule has 3 aromatic rings. The number of rotatable bonds is 6. The van der Waals surface area contributed by atoms with E-state index in [2.05, 4.69) is 41.4 Å². The van der Waals surface area contributed by atoms with Gasteiger partial charge in [-0.25, -0.2) is 14.4 Å². The molecule has 1 aromatic heterocycles. The number of hydrogen-bond donors (Lipinski definition) is 2. The van der Waals surface area contributed by atoms with E-state index < -0.39 is 0 Å². The van der Waals surface area contributed by atoms with Gasteiger partial charge < -0.3 is 20.1 Å². The van der Waals surface area contributed by atoms with Crippen LogP contribution >= 0.6 is 15.9 Å². The number of hydrogen-bond acceptors (Lipinski definition) is 7. The van der Waals surface area contributed by atoms with Gasteiger partial charge in [0.2, 0.25) is 0 Å². The van der Waals surface area contributed by atoms with Crippen molar-refractivity contribution in [3.63, 3.8) is 0 Å². The molecule has 2 N–H and O–H groups in total. The minimum Gasteiger partial charge on any atom is -0.493 e. The minimum absolute atomic E-state index is 0.232. The van der Waals surface area contributed by atoms with Crippen LogP contribution in [0.1, 0.15) is 5.56 Å². The van der Waals surface area contributed by atoms with Gasteiger partial charge in [0, 0.05) is 54.2 Å². The molecule has 4 rings (SSSR count). The number of nitrogens with zero attached hydrogens (tertiary/aromatic N) is 3. The fourth-order valence-electron chi connectivity index (χ4n) is 3.53. The van der Waals surface area contributed by atoms with Crippen molar-refractivity contribution in [1.29, 1.82) is 0 Å². The predicted molar refractivity (Wildman–Crippen MR) is 118 cm³/mol. The summed E-state index contributed by atoms with van der Waals surface area (Å²) in [7, 11) is 3.17. The molecule has 0 bridgehead atoms. The predicted octanol–water partition coefficient (Wildman–Crippen LogP) is 3.70. The van der Waals surface area contributed by atoms with Crippen LogP contribution in [-0.4, -0.2) is 55.3 Å². The molecule has 9 heteroatoms. The fourth-order valence-corrected chi connectivity index (χ4v) is 3.95. The third-order valence-corrected chi connectivity index (χ3v) is 5.79. The highest BCUT2D eigenvalue weighted by Gasteiger charge is 2.16. The molecule has 1 aliphatic rings. The molecule has 0 aliphatic carbocycles. The molecule has 0 saturated carbocycles. The van der Waals surface area contributed by atoms with Crippen molar-refractivity contribution in [3.05, 3.63) is 46.4 Å². The van der Waals surface area contributed by atoms with E-state index in [0.717, 1.165) is 37.3 Å². The number of nitrogens with one attached hydrogen (secondary N) is 2. The molecule has 1 saturated heterocycles. The van der Waals surface area contributed by atoms with E-state index in [0.29, 0.717) is 39.4 Å². The van der Waals surface area contributed by atoms with Gasteiger partial charge in [0.1, 0.15) is 18.0 Å². The highest BCUT2D eigenvalue weighted by Crippen LogP contribution is 2.36. The number of methoxy groups -OCH3 is 2. The lowest BCUT2D eigenvalue weighted by Crippen LogP contribution is -2.43. The summed E-state index contributed by atoms with van der Waals surface area (Å²) < 4.78 is 26.0. The first-order valence-electron chi connectivity index (χ1n) is 9.64. The van der Waals surface area contributed by atoms with Crippen molar-refractivity contribution in [2.45, 2.75) is 6.54 Å². The molecule has 0 unspecified atom stereocenters. The Bertz CT molecular complexity index is 1060. The maximum Gasteiger partial charge on any atom is 0.162 e. The lowest BCUT2D eigenvalue weighted by Gasteiger charge is -2.27. The van der Waals surface area contributed by atoms with E-state index in [1.807, 2.05) is 12.1 Å². The highest BCUT2D eigenvalue weighted by molar-refractivity contribution is 9.10. The molecule has 1 fully saturated rings. The number of halogens is 2. The second kappa shape index (κ2) is 9.11. The van der Waals surface area contributed by atoms with Crippen LogP contribution in [0.2, 0.25) is 0 Å². The number of anilines is 2. The number of piperazine rings is 1. The second-order valence-corrected chi connectivity index (χ2v) is 7.88. The molecule has 158 valence electrons. The molecule has 7 nitrogen and oxygen atoms in total. The van der Waals surface area contributed by atoms with Crippen molar-refractivity contribution in [3.8, 4) is 11.5 Å². The SMILES string of the molecule is COc1cc2ncnc(Nc3cc(CN4CCNCC4)c(F)cc3Br)c2cc1OC. The first-order chi connectivity index (χ1) is 14.6. The van der Waals surface area contributed by atoms with Crippen LogP contribution in [0, 0.1) is 5.82 Å². The Morgan fingerprint density at radius 3 is 2.57 bits per heavy atom. The van der Waals surface area contributed by atoms with Gasteiger partial charge in [0.05, 0.1) is 25.4 Å². The number of benzene rings is 2. The van der Waals surface area contributed by atoms with E-state index >= 15 is 0 Å². The van der Waals surface area contributed by atoms with E-state index in [-0.39, 0.29) is 5.82 Å². The Balaban J connectivity index is 1.68. The zero-order valence-electron chi connectivity index (χ0n) is 16.8. The quantitative estimate of drug-likeness (QED) is 0.562. The number of aromatic nitrogens is 2. The Labute approximate surface area is 182 Å². The van der Waals surface area contributed by atoms with Gasteiger partial charge in [-0.1, -0.05) is 0 Å². The molecule has 0 amide bonds. The Morgan fingerprint density at radius 2 is 1.83 bits per heavy atom. The standard InChI is InChI=1S/C21H23BrFN5O2/c1-29-19-8-14-17(10-20(19)30-2)25-12-26-21(14)27-18-7-13(16(23)9-15(18)22)11-28-5-3-24-4-6-28/h7-10,12,24H,3-6,11H2,1-2H3,(H,25,26,27). The van der Waals surface area contributed by atoms with Crippen molar-refractivity contribution in [2.24, 2.45) is 0 Å². The summed E-state index contributed by atoms with van der Waals surface area (Å²) in [6.45, 7) is 4.20. The largest absolute Gasteiger partial charge is 0.493 e. The van der Waals surface area contributed by atoms with Gasteiger partial charge in [-0.15, -0.1) is 0 Å². The highest BCUT2D eigenvalue weighted by atomic mass is 79.9. The lowest BCUT2D eigenvalue weighted by molar-refractivity contribution is 0.230. The van der Waals surface area contributed by atoms with E-state index in [9.17, 15) is 4.39 Å². The van der Waals surface area contributed by atoms with Crippen LogP contribution in [0.3, 0.4) is 0 Å². The first kappa shape index (κ1) is 20.8. The van der Waals surface area contributed by atoms with Gasteiger partial charge in [-0.3, -0.25) is 4.90 Å². The molecule has 2 heterocycles. The molecule has 2 aromatic carbocycles. The van der Waals surface area contributed by atoms with Gasteiger partial charge in [0.15, 0.2) is 11.5 Å². The second-order valence-electron chi connectivity index (χ2n) is 7.02. The molecule has 0 radical (unpaired) electrons. The summed E-state index contributed by atoms with van der Waals surface area (Å²) in [6.07, 6.45) is 1.48. The van der Waals surface area contributed by atoms with Gasteiger partial charge in [-0.2, -0.15) is 0 Å². The molecule has 0 atom stereocenters. The average Bonchev–Trinajstić information content (AvgIpc) is 2.77. The lowest BCUT2D eigenvalue weighted by atomic mass is 10.1. The monoisotopic (exact) mass is 475 g/mol. The summed E-state index contributed by atoms with van der Waals surface area (Å²) in [6, 6.07) is 6.95. The van der Waals surface area contributed by atoms with Crippen LogP contribution in [0.25, 0.3) is 10.9 Å². The van der Waals surface area contributed by atoms with Crippen LogP contribution in [-0.2, 0) is 6.54 Å². The normalized spacial score (nSPS) is 14.7. The van der Waals surface area contributed by atoms with Crippen molar-refractivity contribution < 1.29 is 13.9 Å². The summed E-state index contributed by atoms with van der Waals surface area (Å²) in [5, 5.41) is 7.40. The smallest absolute Gasteiger partial charge is 0.162 e. The van der Waals surface area contributed by atoms with Crippen LogP contribution < -0.4 is 20.1 Å². The molecular weight excluding hydrogens is 453 g/mol. The van der Waals surface area contributed by atoms with Crippen molar-refractivity contribution in [2.75, 3.05) is 45.7 Å². The topological polar surface area (TPSA) is 71.5 Å². The van der Waals surface area contributed by atoms with E-state index in [1.54, 1.807) is 20.3 Å². The number of ether oxygens (including phenoxy) is 2. The zero-order valence-corrected chi connectivity index (χ0v) is 18.4. The first-order valence-corrected chi connectivity index (χ1v) is 10.4. The third kappa shape index (κ3) is 4.33. The Hall–Kier alpha value is -2.49. The molecule has 0 spiro atoms. The van der Waals surface area contributed by atoms with Crippen LogP contribution in [0.15, 0.2) is 35.1 Å². The van der Waals surface area contributed by atoms with Crippen LogP contribution in [0.4, 0.5) is 15.9 Å². The molecule has 30 heavy (non-hydrogen) atoms. The Morgan fingerprint density at radius 1 is 1.10 bits per heavy atom. The zero-order chi connectivity index (χ0) is 21.1. The Kier molecular flexibility index (Phi) is 6.31. The summed E-state index contributed by atoms with van der Waals surface area (Å²) in [5.41, 5.74) is 2.08. The van der Waals surface area contributed by atoms with Gasteiger partial charge >= 0.3 is 0 Å². The van der Waals surface area contributed by atoms with Crippen molar-refractivity contribution >= 4 is 38.3 Å². The molecule has 1 aliphatic heterocycles. The summed E-state index contributed by atoms with van der Waals surface area (Å²) in [4.78, 5) is 11.0.